The maximum atomic E-state index is 13.6. The second kappa shape index (κ2) is 10.1. The van der Waals surface area contributed by atoms with Gasteiger partial charge in [-0.15, -0.1) is 0 Å². The monoisotopic (exact) mass is 473 g/mol. The van der Waals surface area contributed by atoms with Crippen LogP contribution < -0.4 is 15.8 Å². The number of aromatic nitrogens is 2. The molecule has 3 heterocycles. The smallest absolute Gasteiger partial charge is 0.270 e. The van der Waals surface area contributed by atoms with Gasteiger partial charge in [0.1, 0.15) is 23.3 Å². The Morgan fingerprint density at radius 1 is 1.21 bits per heavy atom. The first kappa shape index (κ1) is 23.5. The number of primary amides is 1. The number of benzene rings is 1. The minimum Gasteiger partial charge on any atom is -0.494 e. The Kier molecular flexibility index (Phi) is 6.98. The van der Waals surface area contributed by atoms with E-state index in [2.05, 4.69) is 20.4 Å². The molecule has 2 amide bonds. The van der Waals surface area contributed by atoms with E-state index in [1.165, 1.54) is 25.3 Å². The number of nitrogens with one attached hydrogen (secondary N) is 1. The Balaban J connectivity index is 1.38. The zero-order valence-electron chi connectivity index (χ0n) is 18.6. The van der Waals surface area contributed by atoms with Gasteiger partial charge in [0.15, 0.2) is 23.8 Å². The Morgan fingerprint density at radius 2 is 2.03 bits per heavy atom. The average molecular weight is 473 g/mol. The molecular formula is C22H24FN5O6. The number of rotatable bonds is 7. The van der Waals surface area contributed by atoms with Crippen molar-refractivity contribution < 1.29 is 33.0 Å². The predicted molar refractivity (Wildman–Crippen MR) is 116 cm³/mol. The first-order chi connectivity index (χ1) is 16.3. The van der Waals surface area contributed by atoms with Crippen molar-refractivity contribution in [2.24, 2.45) is 10.9 Å². The second-order valence-electron chi connectivity index (χ2n) is 7.82. The summed E-state index contributed by atoms with van der Waals surface area (Å²) in [6.07, 6.45) is -1.25. The molecule has 1 fully saturated rings. The van der Waals surface area contributed by atoms with Gasteiger partial charge in [-0.2, -0.15) is 0 Å². The number of methoxy groups -OCH3 is 1. The standard InChI is InChI=1S/C22H24FN5O6/c1-11-26-14(15-7-18(34-28-15)19-9-33-20(10-32-19)21(24)29)6-16(27-11)22(30)25-8-12-3-4-13(23)17(5-12)31-2/h3-6,18-20H,7-10H2,1-2H3,(H2,24,29)(H,25,30)/t18?,19-,20+/m1/s1. The highest BCUT2D eigenvalue weighted by molar-refractivity contribution is 6.02. The van der Waals surface area contributed by atoms with Crippen LogP contribution in [-0.4, -0.2) is 66.1 Å². The fraction of sp³-hybridized carbons (Fsp3) is 0.409. The van der Waals surface area contributed by atoms with Gasteiger partial charge in [-0.25, -0.2) is 14.4 Å². The zero-order valence-corrected chi connectivity index (χ0v) is 18.6. The van der Waals surface area contributed by atoms with E-state index in [0.717, 1.165) is 0 Å². The summed E-state index contributed by atoms with van der Waals surface area (Å²) >= 11 is 0. The molecule has 11 nitrogen and oxygen atoms in total. The summed E-state index contributed by atoms with van der Waals surface area (Å²) in [7, 11) is 1.37. The van der Waals surface area contributed by atoms with Crippen LogP contribution in [0.15, 0.2) is 29.4 Å². The number of carbonyl (C=O) groups excluding carboxylic acids is 2. The van der Waals surface area contributed by atoms with E-state index in [4.69, 9.17) is 24.8 Å². The minimum absolute atomic E-state index is 0.0477. The molecule has 3 atom stereocenters. The molecule has 0 radical (unpaired) electrons. The SMILES string of the molecule is COc1cc(CNC(=O)c2cc(C3=NOC([C@H]4CO[C@H](C(N)=O)CO4)C3)nc(C)n2)ccc1F. The van der Waals surface area contributed by atoms with Gasteiger partial charge in [-0.1, -0.05) is 11.2 Å². The van der Waals surface area contributed by atoms with Gasteiger partial charge >= 0.3 is 0 Å². The first-order valence-corrected chi connectivity index (χ1v) is 10.6. The molecular weight excluding hydrogens is 449 g/mol. The van der Waals surface area contributed by atoms with Gasteiger partial charge in [-0.3, -0.25) is 9.59 Å². The van der Waals surface area contributed by atoms with Crippen LogP contribution in [0, 0.1) is 12.7 Å². The van der Waals surface area contributed by atoms with Crippen LogP contribution in [0.25, 0.3) is 0 Å². The molecule has 2 aliphatic heterocycles. The fourth-order valence-corrected chi connectivity index (χ4v) is 3.56. The molecule has 0 spiro atoms. The zero-order chi connectivity index (χ0) is 24.2. The van der Waals surface area contributed by atoms with Crippen molar-refractivity contribution in [2.75, 3.05) is 20.3 Å². The van der Waals surface area contributed by atoms with Gasteiger partial charge in [0.2, 0.25) is 5.91 Å². The van der Waals surface area contributed by atoms with Gasteiger partial charge in [0, 0.05) is 13.0 Å². The predicted octanol–water partition coefficient (Wildman–Crippen LogP) is 0.625. The number of nitrogens with zero attached hydrogens (tertiary/aromatic N) is 3. The van der Waals surface area contributed by atoms with Crippen LogP contribution in [0.1, 0.15) is 34.0 Å². The maximum Gasteiger partial charge on any atom is 0.270 e. The van der Waals surface area contributed by atoms with E-state index in [1.54, 1.807) is 13.0 Å². The molecule has 34 heavy (non-hydrogen) atoms. The third-order valence-corrected chi connectivity index (χ3v) is 5.38. The molecule has 1 aromatic carbocycles. The van der Waals surface area contributed by atoms with Crippen LogP contribution in [0.3, 0.4) is 0 Å². The maximum absolute atomic E-state index is 13.6. The molecule has 2 aromatic rings. The van der Waals surface area contributed by atoms with E-state index in [-0.39, 0.29) is 31.2 Å². The molecule has 1 aromatic heterocycles. The summed E-state index contributed by atoms with van der Waals surface area (Å²) in [4.78, 5) is 38.0. The molecule has 180 valence electrons. The number of carbonyl (C=O) groups is 2. The van der Waals surface area contributed by atoms with Crippen molar-refractivity contribution >= 4 is 17.5 Å². The van der Waals surface area contributed by atoms with Crippen molar-refractivity contribution in [3.05, 3.63) is 52.9 Å². The van der Waals surface area contributed by atoms with Crippen LogP contribution in [0.2, 0.25) is 0 Å². The molecule has 0 aliphatic carbocycles. The summed E-state index contributed by atoms with van der Waals surface area (Å²) in [6, 6.07) is 5.87. The van der Waals surface area contributed by atoms with Gasteiger partial charge in [0.05, 0.1) is 26.0 Å². The van der Waals surface area contributed by atoms with Crippen LogP contribution in [0.5, 0.6) is 5.75 Å². The van der Waals surface area contributed by atoms with Crippen molar-refractivity contribution in [1.82, 2.24) is 15.3 Å². The van der Waals surface area contributed by atoms with Crippen molar-refractivity contribution in [3.8, 4) is 5.75 Å². The number of nitrogens with two attached hydrogens (primary N) is 1. The number of hydrogen-bond donors (Lipinski definition) is 2. The Bertz CT molecular complexity index is 1120. The average Bonchev–Trinajstić information content (AvgIpc) is 3.33. The molecule has 2 aliphatic rings. The fourth-order valence-electron chi connectivity index (χ4n) is 3.56. The lowest BCUT2D eigenvalue weighted by Crippen LogP contribution is -2.47. The molecule has 1 saturated heterocycles. The van der Waals surface area contributed by atoms with E-state index in [1.807, 2.05) is 0 Å². The largest absolute Gasteiger partial charge is 0.494 e. The highest BCUT2D eigenvalue weighted by atomic mass is 19.1. The normalized spacial score (nSPS) is 22.0. The lowest BCUT2D eigenvalue weighted by Gasteiger charge is -2.30. The second-order valence-corrected chi connectivity index (χ2v) is 7.82. The summed E-state index contributed by atoms with van der Waals surface area (Å²) in [6.45, 7) is 2.02. The number of aryl methyl sites for hydroxylation is 1. The molecule has 1 unspecified atom stereocenters. The highest BCUT2D eigenvalue weighted by Crippen LogP contribution is 2.23. The number of ether oxygens (including phenoxy) is 3. The van der Waals surface area contributed by atoms with Crippen molar-refractivity contribution in [3.63, 3.8) is 0 Å². The number of amides is 2. The van der Waals surface area contributed by atoms with Gasteiger partial charge < -0.3 is 30.1 Å². The summed E-state index contributed by atoms with van der Waals surface area (Å²) in [5, 5.41) is 6.85. The van der Waals surface area contributed by atoms with E-state index in [9.17, 15) is 14.0 Å². The first-order valence-electron chi connectivity index (χ1n) is 10.6. The van der Waals surface area contributed by atoms with Crippen LogP contribution in [-0.2, 0) is 25.7 Å². The van der Waals surface area contributed by atoms with Gasteiger partial charge in [-0.05, 0) is 30.7 Å². The third-order valence-electron chi connectivity index (χ3n) is 5.38. The van der Waals surface area contributed by atoms with E-state index >= 15 is 0 Å². The Labute approximate surface area is 194 Å². The van der Waals surface area contributed by atoms with Crippen LogP contribution in [0.4, 0.5) is 4.39 Å². The molecule has 4 rings (SSSR count). The highest BCUT2D eigenvalue weighted by Gasteiger charge is 2.36. The lowest BCUT2D eigenvalue weighted by molar-refractivity contribution is -0.178. The molecule has 12 heteroatoms. The Hall–Kier alpha value is -3.64. The summed E-state index contributed by atoms with van der Waals surface area (Å²) < 4.78 is 29.6. The van der Waals surface area contributed by atoms with E-state index < -0.39 is 35.9 Å². The van der Waals surface area contributed by atoms with Gasteiger partial charge in [0.25, 0.3) is 5.91 Å². The van der Waals surface area contributed by atoms with Crippen LogP contribution >= 0.6 is 0 Å². The molecule has 0 bridgehead atoms. The quantitative estimate of drug-likeness (QED) is 0.595. The van der Waals surface area contributed by atoms with Crippen molar-refractivity contribution in [1.29, 1.82) is 0 Å². The number of oxime groups is 1. The molecule has 0 saturated carbocycles. The van der Waals surface area contributed by atoms with E-state index in [0.29, 0.717) is 29.2 Å². The third kappa shape index (κ3) is 5.29. The number of halogens is 1. The van der Waals surface area contributed by atoms with Crippen molar-refractivity contribution in [2.45, 2.75) is 38.2 Å². The summed E-state index contributed by atoms with van der Waals surface area (Å²) in [5.74, 6) is -1.00. The topological polar surface area (TPSA) is 147 Å². The summed E-state index contributed by atoms with van der Waals surface area (Å²) in [5.41, 5.74) is 7.04. The molecule has 3 N–H and O–H groups in total. The lowest BCUT2D eigenvalue weighted by atomic mass is 10.0. The number of hydrogen-bond acceptors (Lipinski definition) is 9. The Morgan fingerprint density at radius 3 is 2.74 bits per heavy atom. The minimum atomic E-state index is -0.778.